The molecule has 26 heavy (non-hydrogen) atoms. The van der Waals surface area contributed by atoms with Crippen molar-refractivity contribution in [2.75, 3.05) is 10.6 Å². The van der Waals surface area contributed by atoms with Crippen LogP contribution in [0.15, 0.2) is 72.8 Å². The van der Waals surface area contributed by atoms with Crippen LogP contribution < -0.4 is 10.6 Å². The quantitative estimate of drug-likeness (QED) is 0.682. The topological polar surface area (TPSA) is 58.2 Å². The zero-order valence-electron chi connectivity index (χ0n) is 13.5. The number of carbonyl (C=O) groups is 2. The maximum absolute atomic E-state index is 13.6. The van der Waals surface area contributed by atoms with Gasteiger partial charge in [0.2, 0.25) is 0 Å². The normalized spacial score (nSPS) is 10.2. The fourth-order valence-corrected chi connectivity index (χ4v) is 2.49. The van der Waals surface area contributed by atoms with E-state index in [1.54, 1.807) is 54.6 Å². The molecule has 0 aliphatic carbocycles. The van der Waals surface area contributed by atoms with Crippen molar-refractivity contribution in [3.8, 4) is 0 Å². The number of halogens is 2. The van der Waals surface area contributed by atoms with Crippen LogP contribution in [-0.2, 0) is 0 Å². The molecule has 3 aromatic rings. The Kier molecular flexibility index (Phi) is 5.29. The van der Waals surface area contributed by atoms with Crippen LogP contribution in [0.2, 0.25) is 5.02 Å². The molecule has 0 aliphatic heterocycles. The van der Waals surface area contributed by atoms with Gasteiger partial charge in [0.1, 0.15) is 5.82 Å². The van der Waals surface area contributed by atoms with E-state index in [0.717, 1.165) is 0 Å². The fourth-order valence-electron chi connectivity index (χ4n) is 2.31. The molecule has 2 N–H and O–H groups in total. The van der Waals surface area contributed by atoms with Crippen LogP contribution in [-0.4, -0.2) is 11.8 Å². The second-order valence-corrected chi connectivity index (χ2v) is 5.85. The van der Waals surface area contributed by atoms with E-state index in [2.05, 4.69) is 10.6 Å². The van der Waals surface area contributed by atoms with E-state index < -0.39 is 11.7 Å². The van der Waals surface area contributed by atoms with Gasteiger partial charge < -0.3 is 10.6 Å². The third-order valence-corrected chi connectivity index (χ3v) is 3.98. The van der Waals surface area contributed by atoms with Crippen LogP contribution in [0, 0.1) is 5.82 Å². The number of rotatable bonds is 4. The van der Waals surface area contributed by atoms with E-state index in [9.17, 15) is 14.0 Å². The van der Waals surface area contributed by atoms with E-state index in [0.29, 0.717) is 22.0 Å². The molecule has 3 aromatic carbocycles. The average molecular weight is 369 g/mol. The molecule has 0 atom stereocenters. The summed E-state index contributed by atoms with van der Waals surface area (Å²) in [4.78, 5) is 24.3. The molecular formula is C20H14ClFN2O2. The molecule has 0 radical (unpaired) electrons. The molecule has 0 bridgehead atoms. The first-order chi connectivity index (χ1) is 12.5. The number of benzene rings is 3. The number of hydrogen-bond donors (Lipinski definition) is 2. The van der Waals surface area contributed by atoms with Gasteiger partial charge in [0.05, 0.1) is 16.3 Å². The Bertz CT molecular complexity index is 958. The highest BCUT2D eigenvalue weighted by Crippen LogP contribution is 2.21. The highest BCUT2D eigenvalue weighted by molar-refractivity contribution is 6.33. The number of anilines is 2. The lowest BCUT2D eigenvalue weighted by Gasteiger charge is -2.09. The number of amides is 2. The summed E-state index contributed by atoms with van der Waals surface area (Å²) < 4.78 is 13.6. The summed E-state index contributed by atoms with van der Waals surface area (Å²) >= 11 is 6.02. The van der Waals surface area contributed by atoms with E-state index in [-0.39, 0.29) is 11.5 Å². The van der Waals surface area contributed by atoms with Crippen molar-refractivity contribution >= 4 is 34.8 Å². The number of hydrogen-bond acceptors (Lipinski definition) is 2. The zero-order chi connectivity index (χ0) is 18.5. The summed E-state index contributed by atoms with van der Waals surface area (Å²) in [5, 5.41) is 5.74. The van der Waals surface area contributed by atoms with Crippen LogP contribution in [0.1, 0.15) is 20.7 Å². The molecule has 3 rings (SSSR count). The van der Waals surface area contributed by atoms with Crippen LogP contribution in [0.3, 0.4) is 0 Å². The lowest BCUT2D eigenvalue weighted by atomic mass is 10.1. The van der Waals surface area contributed by atoms with E-state index in [1.165, 1.54) is 18.2 Å². The van der Waals surface area contributed by atoms with Crippen molar-refractivity contribution in [1.29, 1.82) is 0 Å². The fraction of sp³-hybridized carbons (Fsp3) is 0. The molecule has 0 heterocycles. The van der Waals surface area contributed by atoms with Gasteiger partial charge >= 0.3 is 0 Å². The predicted octanol–water partition coefficient (Wildman–Crippen LogP) is 4.98. The minimum atomic E-state index is -0.597. The van der Waals surface area contributed by atoms with Crippen molar-refractivity contribution in [3.05, 3.63) is 94.8 Å². The first kappa shape index (κ1) is 17.6. The summed E-state index contributed by atoms with van der Waals surface area (Å²) in [6, 6.07) is 18.9. The molecular weight excluding hydrogens is 355 g/mol. The number of nitrogens with one attached hydrogen (secondary N) is 2. The minimum absolute atomic E-state index is 0.0481. The second-order valence-electron chi connectivity index (χ2n) is 5.45. The summed E-state index contributed by atoms with van der Waals surface area (Å²) in [6.45, 7) is 0. The Hall–Kier alpha value is -3.18. The number of carbonyl (C=O) groups excluding carboxylic acids is 2. The van der Waals surface area contributed by atoms with Gasteiger partial charge in [0.15, 0.2) is 0 Å². The lowest BCUT2D eigenvalue weighted by Crippen LogP contribution is -2.14. The summed E-state index contributed by atoms with van der Waals surface area (Å²) in [7, 11) is 0. The van der Waals surface area contributed by atoms with Crippen LogP contribution in [0.5, 0.6) is 0 Å². The molecule has 130 valence electrons. The Morgan fingerprint density at radius 1 is 0.769 bits per heavy atom. The molecule has 2 amide bonds. The third-order valence-electron chi connectivity index (χ3n) is 3.65. The predicted molar refractivity (Wildman–Crippen MR) is 100 cm³/mol. The monoisotopic (exact) mass is 368 g/mol. The van der Waals surface area contributed by atoms with Crippen molar-refractivity contribution in [2.45, 2.75) is 0 Å². The van der Waals surface area contributed by atoms with E-state index in [4.69, 9.17) is 11.6 Å². The van der Waals surface area contributed by atoms with Crippen molar-refractivity contribution in [3.63, 3.8) is 0 Å². The van der Waals surface area contributed by atoms with Gasteiger partial charge in [-0.25, -0.2) is 4.39 Å². The second kappa shape index (κ2) is 7.80. The van der Waals surface area contributed by atoms with Gasteiger partial charge in [-0.1, -0.05) is 35.9 Å². The molecule has 0 fully saturated rings. The van der Waals surface area contributed by atoms with Gasteiger partial charge in [-0.15, -0.1) is 0 Å². The highest BCUT2D eigenvalue weighted by Gasteiger charge is 2.12. The Morgan fingerprint density at radius 3 is 2.12 bits per heavy atom. The SMILES string of the molecule is O=C(Nc1ccccc1Cl)c1ccc(NC(=O)c2ccccc2F)cc1. The lowest BCUT2D eigenvalue weighted by molar-refractivity contribution is 0.101. The Morgan fingerprint density at radius 2 is 1.42 bits per heavy atom. The van der Waals surface area contributed by atoms with E-state index in [1.807, 2.05) is 0 Å². The Labute approximate surface area is 154 Å². The largest absolute Gasteiger partial charge is 0.322 e. The third kappa shape index (κ3) is 4.07. The van der Waals surface area contributed by atoms with Crippen LogP contribution in [0.4, 0.5) is 15.8 Å². The first-order valence-corrected chi connectivity index (χ1v) is 8.14. The zero-order valence-corrected chi connectivity index (χ0v) is 14.3. The first-order valence-electron chi connectivity index (χ1n) is 7.76. The molecule has 0 unspecified atom stereocenters. The van der Waals surface area contributed by atoms with Crippen LogP contribution >= 0.6 is 11.6 Å². The standard InChI is InChI=1S/C20H14ClFN2O2/c21-16-6-2-4-8-18(16)24-19(25)13-9-11-14(12-10-13)23-20(26)15-5-1-3-7-17(15)22/h1-12H,(H,23,26)(H,24,25). The molecule has 0 aromatic heterocycles. The maximum Gasteiger partial charge on any atom is 0.258 e. The summed E-state index contributed by atoms with van der Waals surface area (Å²) in [6.07, 6.45) is 0. The van der Waals surface area contributed by atoms with Crippen molar-refractivity contribution in [2.24, 2.45) is 0 Å². The van der Waals surface area contributed by atoms with Gasteiger partial charge in [0, 0.05) is 11.3 Å². The smallest absolute Gasteiger partial charge is 0.258 e. The maximum atomic E-state index is 13.6. The molecule has 4 nitrogen and oxygen atoms in total. The molecule has 6 heteroatoms. The van der Waals surface area contributed by atoms with Gasteiger partial charge in [-0.3, -0.25) is 9.59 Å². The van der Waals surface area contributed by atoms with Crippen molar-refractivity contribution < 1.29 is 14.0 Å². The van der Waals surface area contributed by atoms with Gasteiger partial charge in [-0.05, 0) is 48.5 Å². The minimum Gasteiger partial charge on any atom is -0.322 e. The summed E-state index contributed by atoms with van der Waals surface area (Å²) in [5.74, 6) is -1.48. The van der Waals surface area contributed by atoms with Gasteiger partial charge in [0.25, 0.3) is 11.8 Å². The Balaban J connectivity index is 1.68. The van der Waals surface area contributed by atoms with Crippen molar-refractivity contribution in [1.82, 2.24) is 0 Å². The number of para-hydroxylation sites is 1. The van der Waals surface area contributed by atoms with Gasteiger partial charge in [-0.2, -0.15) is 0 Å². The summed E-state index contributed by atoms with van der Waals surface area (Å²) in [5.41, 5.74) is 1.31. The molecule has 0 aliphatic rings. The van der Waals surface area contributed by atoms with E-state index >= 15 is 0 Å². The molecule has 0 saturated carbocycles. The van der Waals surface area contributed by atoms with Crippen LogP contribution in [0.25, 0.3) is 0 Å². The molecule has 0 saturated heterocycles. The highest BCUT2D eigenvalue weighted by atomic mass is 35.5. The molecule has 0 spiro atoms. The average Bonchev–Trinajstić information content (AvgIpc) is 2.64.